The Balaban J connectivity index is 1.11. The van der Waals surface area contributed by atoms with Crippen molar-refractivity contribution >= 4 is 53.3 Å². The molecule has 0 bridgehead atoms. The first-order chi connectivity index (χ1) is 33.7. The summed E-state index contributed by atoms with van der Waals surface area (Å²) in [5.74, 6) is 1.73. The summed E-state index contributed by atoms with van der Waals surface area (Å²) in [5, 5.41) is 4.86. The van der Waals surface area contributed by atoms with Crippen LogP contribution in [0.1, 0.15) is 0 Å². The summed E-state index contributed by atoms with van der Waals surface area (Å²) in [6.45, 7) is 0. The normalized spacial score (nSPS) is 11.5. The fraction of sp³-hybridized carbons (Fsp3) is 0. The zero-order chi connectivity index (χ0) is 45.0. The minimum atomic E-state index is 0.544. The van der Waals surface area contributed by atoms with Crippen LogP contribution in [0.5, 0.6) is 0 Å². The van der Waals surface area contributed by atoms with E-state index in [2.05, 4.69) is 199 Å². The fourth-order valence-electron chi connectivity index (χ4n) is 9.82. The quantitative estimate of drug-likeness (QED) is 0.153. The summed E-state index contributed by atoms with van der Waals surface area (Å²) in [7, 11) is 0. The van der Waals surface area contributed by atoms with Gasteiger partial charge in [0, 0.05) is 70.6 Å². The van der Waals surface area contributed by atoms with Crippen LogP contribution in [0.2, 0.25) is 0 Å². The van der Waals surface area contributed by atoms with Gasteiger partial charge in [-0.15, -0.1) is 11.3 Å². The molecule has 318 valence electrons. The van der Waals surface area contributed by atoms with Gasteiger partial charge in [-0.25, -0.2) is 15.0 Å². The first-order valence-electron chi connectivity index (χ1n) is 22.8. The SMILES string of the molecule is c1ccc(-c2nc(-c3ccccc3)nc(-c3cc(-c4c(-c5ccccc5)cccc4-c4ccccc4)cnc3-c3ccc4sc5ccc6c7ccccc7n(-c7ccccc7)c6c5c4c3)n2)cc1. The van der Waals surface area contributed by atoms with E-state index in [1.54, 1.807) is 0 Å². The largest absolute Gasteiger partial charge is 0.309 e. The Morgan fingerprint density at radius 2 is 0.897 bits per heavy atom. The van der Waals surface area contributed by atoms with E-state index in [-0.39, 0.29) is 0 Å². The molecule has 6 heteroatoms. The summed E-state index contributed by atoms with van der Waals surface area (Å²) < 4.78 is 4.87. The number of nitrogens with zero attached hydrogens (tertiary/aromatic N) is 5. The lowest BCUT2D eigenvalue weighted by atomic mass is 9.87. The number of thiophene rings is 1. The zero-order valence-electron chi connectivity index (χ0n) is 36.7. The average molecular weight is 886 g/mol. The van der Waals surface area contributed by atoms with Gasteiger partial charge in [0.15, 0.2) is 17.5 Å². The third-order valence-electron chi connectivity index (χ3n) is 12.9. The van der Waals surface area contributed by atoms with Crippen LogP contribution in [0.25, 0.3) is 126 Å². The maximum absolute atomic E-state index is 5.51. The predicted molar refractivity (Wildman–Crippen MR) is 283 cm³/mol. The molecule has 9 aromatic carbocycles. The molecular formula is C62H39N5S. The molecule has 68 heavy (non-hydrogen) atoms. The molecule has 4 aromatic heterocycles. The van der Waals surface area contributed by atoms with Crippen LogP contribution in [-0.2, 0) is 0 Å². The van der Waals surface area contributed by atoms with Gasteiger partial charge >= 0.3 is 0 Å². The molecule has 0 aliphatic rings. The molecule has 0 N–H and O–H groups in total. The molecule has 0 spiro atoms. The standard InChI is InChI=1S/C62H39N5S/c1-6-19-40(20-7-1)47-30-18-31-48(41-21-8-2-9-22-41)56(47)45-38-52(62-65-60(42-23-10-3-11-24-42)64-61(66-62)43-25-12-4-13-26-43)58(63-39-45)44-33-35-54-51(37-44)57-55(68-54)36-34-50-49-29-16-17-32-53(49)67(59(50)57)46-27-14-5-15-28-46/h1-39H. The number of para-hydroxylation sites is 2. The first kappa shape index (κ1) is 39.5. The van der Waals surface area contributed by atoms with Crippen molar-refractivity contribution in [2.24, 2.45) is 0 Å². The maximum Gasteiger partial charge on any atom is 0.166 e. The van der Waals surface area contributed by atoms with Gasteiger partial charge in [-0.05, 0) is 70.3 Å². The van der Waals surface area contributed by atoms with E-state index in [1.165, 1.54) is 42.0 Å². The molecule has 5 nitrogen and oxygen atoms in total. The second-order valence-electron chi connectivity index (χ2n) is 17.0. The molecule has 0 aliphatic heterocycles. The Morgan fingerprint density at radius 1 is 0.353 bits per heavy atom. The number of hydrogen-bond acceptors (Lipinski definition) is 5. The van der Waals surface area contributed by atoms with E-state index in [9.17, 15) is 0 Å². The highest BCUT2D eigenvalue weighted by Crippen LogP contribution is 2.46. The predicted octanol–water partition coefficient (Wildman–Crippen LogP) is 16.4. The smallest absolute Gasteiger partial charge is 0.166 e. The molecule has 13 rings (SSSR count). The highest BCUT2D eigenvalue weighted by Gasteiger charge is 2.23. The number of aromatic nitrogens is 5. The third kappa shape index (κ3) is 6.77. The fourth-order valence-corrected chi connectivity index (χ4v) is 10.9. The monoisotopic (exact) mass is 885 g/mol. The number of pyridine rings is 1. The van der Waals surface area contributed by atoms with Crippen molar-refractivity contribution in [2.75, 3.05) is 0 Å². The molecule has 0 saturated heterocycles. The highest BCUT2D eigenvalue weighted by molar-refractivity contribution is 7.26. The van der Waals surface area contributed by atoms with Crippen molar-refractivity contribution in [3.63, 3.8) is 0 Å². The number of rotatable bonds is 8. The second kappa shape index (κ2) is 16.5. The van der Waals surface area contributed by atoms with E-state index in [1.807, 2.05) is 53.9 Å². The van der Waals surface area contributed by atoms with Crippen LogP contribution in [0.3, 0.4) is 0 Å². The minimum Gasteiger partial charge on any atom is -0.309 e. The van der Waals surface area contributed by atoms with Gasteiger partial charge in [0.1, 0.15) is 0 Å². The minimum absolute atomic E-state index is 0.544. The van der Waals surface area contributed by atoms with Crippen LogP contribution in [0.4, 0.5) is 0 Å². The van der Waals surface area contributed by atoms with Gasteiger partial charge in [0.2, 0.25) is 0 Å². The van der Waals surface area contributed by atoms with Crippen molar-refractivity contribution < 1.29 is 0 Å². The van der Waals surface area contributed by atoms with Crippen molar-refractivity contribution in [2.45, 2.75) is 0 Å². The lowest BCUT2D eigenvalue weighted by molar-refractivity contribution is 1.07. The van der Waals surface area contributed by atoms with Gasteiger partial charge in [-0.1, -0.05) is 188 Å². The molecule has 13 aromatic rings. The maximum atomic E-state index is 5.51. The Morgan fingerprint density at radius 3 is 1.53 bits per heavy atom. The molecule has 0 saturated carbocycles. The molecular weight excluding hydrogens is 847 g/mol. The molecule has 0 amide bonds. The first-order valence-corrected chi connectivity index (χ1v) is 23.6. The summed E-state index contributed by atoms with van der Waals surface area (Å²) in [5.41, 5.74) is 14.4. The van der Waals surface area contributed by atoms with Crippen molar-refractivity contribution in [1.29, 1.82) is 0 Å². The van der Waals surface area contributed by atoms with E-state index in [0.717, 1.165) is 67.0 Å². The summed E-state index contributed by atoms with van der Waals surface area (Å²) in [6.07, 6.45) is 2.03. The lowest BCUT2D eigenvalue weighted by Crippen LogP contribution is -2.02. The molecule has 0 unspecified atom stereocenters. The number of benzene rings is 9. The zero-order valence-corrected chi connectivity index (χ0v) is 37.5. The molecule has 4 heterocycles. The van der Waals surface area contributed by atoms with Gasteiger partial charge in [-0.3, -0.25) is 4.98 Å². The Hall–Kier alpha value is -8.84. The Bertz CT molecular complexity index is 3880. The van der Waals surface area contributed by atoms with E-state index < -0.39 is 0 Å². The van der Waals surface area contributed by atoms with Crippen LogP contribution >= 0.6 is 11.3 Å². The van der Waals surface area contributed by atoms with Crippen molar-refractivity contribution in [3.8, 4) is 84.5 Å². The summed E-state index contributed by atoms with van der Waals surface area (Å²) in [6, 6.07) is 81.2. The topological polar surface area (TPSA) is 56.5 Å². The van der Waals surface area contributed by atoms with Crippen molar-refractivity contribution in [3.05, 3.63) is 237 Å². The van der Waals surface area contributed by atoms with Crippen molar-refractivity contribution in [1.82, 2.24) is 24.5 Å². The van der Waals surface area contributed by atoms with E-state index in [0.29, 0.717) is 17.5 Å². The van der Waals surface area contributed by atoms with E-state index in [4.69, 9.17) is 19.9 Å². The number of hydrogen-bond donors (Lipinski definition) is 0. The second-order valence-corrected chi connectivity index (χ2v) is 18.0. The Kier molecular flexibility index (Phi) is 9.62. The number of fused-ring (bicyclic) bond motifs is 7. The van der Waals surface area contributed by atoms with Crippen LogP contribution in [-0.4, -0.2) is 24.5 Å². The van der Waals surface area contributed by atoms with Gasteiger partial charge in [0.25, 0.3) is 0 Å². The molecule has 0 atom stereocenters. The highest BCUT2D eigenvalue weighted by atomic mass is 32.1. The van der Waals surface area contributed by atoms with Gasteiger partial charge in [-0.2, -0.15) is 0 Å². The molecule has 0 fully saturated rings. The lowest BCUT2D eigenvalue weighted by Gasteiger charge is -2.18. The Labute approximate surface area is 397 Å². The molecule has 0 radical (unpaired) electrons. The van der Waals surface area contributed by atoms with Crippen LogP contribution in [0, 0.1) is 0 Å². The van der Waals surface area contributed by atoms with Crippen LogP contribution in [0.15, 0.2) is 237 Å². The third-order valence-corrected chi connectivity index (χ3v) is 14.0. The summed E-state index contributed by atoms with van der Waals surface area (Å²) >= 11 is 1.83. The summed E-state index contributed by atoms with van der Waals surface area (Å²) in [4.78, 5) is 21.3. The molecule has 0 aliphatic carbocycles. The van der Waals surface area contributed by atoms with Gasteiger partial charge < -0.3 is 4.57 Å². The van der Waals surface area contributed by atoms with E-state index >= 15 is 0 Å². The average Bonchev–Trinajstić information content (AvgIpc) is 3.97. The van der Waals surface area contributed by atoms with Gasteiger partial charge in [0.05, 0.1) is 16.7 Å². The van der Waals surface area contributed by atoms with Crippen LogP contribution < -0.4 is 0 Å².